The fourth-order valence-electron chi connectivity index (χ4n) is 2.68. The molecule has 0 bridgehead atoms. The lowest BCUT2D eigenvalue weighted by molar-refractivity contribution is -0.205. The first kappa shape index (κ1) is 10.3. The molecule has 0 aliphatic carbocycles. The average molecular weight is 203 g/mol. The van der Waals surface area contributed by atoms with Crippen LogP contribution in [0.4, 0.5) is 0 Å². The van der Waals surface area contributed by atoms with Gasteiger partial charge >= 0.3 is 0 Å². The van der Waals surface area contributed by atoms with Gasteiger partial charge in [-0.1, -0.05) is 0 Å². The molecule has 14 heavy (non-hydrogen) atoms. The van der Waals surface area contributed by atoms with Gasteiger partial charge in [0, 0.05) is 12.6 Å². The number of rotatable bonds is 1. The highest BCUT2D eigenvalue weighted by Gasteiger charge is 2.54. The second kappa shape index (κ2) is 3.43. The molecule has 0 amide bonds. The number of hydrogen-bond donors (Lipinski definition) is 4. The molecule has 0 spiro atoms. The molecule has 82 valence electrons. The molecule has 0 radical (unpaired) electrons. The summed E-state index contributed by atoms with van der Waals surface area (Å²) in [5.74, 6) is 0. The molecule has 5 nitrogen and oxygen atoms in total. The number of fused-ring (bicyclic) bond motifs is 1. The van der Waals surface area contributed by atoms with Crippen LogP contribution in [0, 0.1) is 0 Å². The Hall–Kier alpha value is -0.200. The normalized spacial score (nSPS) is 49.3. The molecule has 2 aliphatic rings. The van der Waals surface area contributed by atoms with Gasteiger partial charge in [0.15, 0.2) is 0 Å². The summed E-state index contributed by atoms with van der Waals surface area (Å²) in [6.07, 6.45) is -0.513. The van der Waals surface area contributed by atoms with Crippen molar-refractivity contribution < 1.29 is 20.4 Å². The quantitative estimate of drug-likeness (QED) is 0.393. The van der Waals surface area contributed by atoms with E-state index >= 15 is 0 Å². The second-order valence-electron chi connectivity index (χ2n) is 4.31. The summed E-state index contributed by atoms with van der Waals surface area (Å²) < 4.78 is 0. The Labute approximate surface area is 82.6 Å². The molecule has 4 N–H and O–H groups in total. The van der Waals surface area contributed by atoms with Crippen LogP contribution in [0.25, 0.3) is 0 Å². The highest BCUT2D eigenvalue weighted by molar-refractivity contribution is 5.07. The minimum atomic E-state index is -1.56. The van der Waals surface area contributed by atoms with Crippen LogP contribution in [0.15, 0.2) is 0 Å². The number of aliphatic hydroxyl groups is 4. The van der Waals surface area contributed by atoms with Gasteiger partial charge in [-0.2, -0.15) is 0 Å². The Morgan fingerprint density at radius 1 is 1.36 bits per heavy atom. The highest BCUT2D eigenvalue weighted by Crippen LogP contribution is 2.34. The van der Waals surface area contributed by atoms with E-state index in [1.54, 1.807) is 0 Å². The summed E-state index contributed by atoms with van der Waals surface area (Å²) in [6.45, 7) is 0.692. The topological polar surface area (TPSA) is 84.2 Å². The van der Waals surface area contributed by atoms with Gasteiger partial charge in [0.25, 0.3) is 0 Å². The van der Waals surface area contributed by atoms with Gasteiger partial charge in [0.2, 0.25) is 0 Å². The molecular weight excluding hydrogens is 186 g/mol. The molecule has 2 fully saturated rings. The van der Waals surface area contributed by atoms with E-state index in [9.17, 15) is 15.3 Å². The molecule has 2 saturated heterocycles. The van der Waals surface area contributed by atoms with Crippen molar-refractivity contribution in [2.45, 2.75) is 36.7 Å². The smallest absolute Gasteiger partial charge is 0.131 e. The van der Waals surface area contributed by atoms with Crippen LogP contribution in [-0.4, -0.2) is 68.9 Å². The molecule has 4 atom stereocenters. The van der Waals surface area contributed by atoms with Gasteiger partial charge in [0.1, 0.15) is 11.7 Å². The van der Waals surface area contributed by atoms with Crippen LogP contribution >= 0.6 is 0 Å². The first-order valence-electron chi connectivity index (χ1n) is 5.03. The highest BCUT2D eigenvalue weighted by atomic mass is 16.4. The lowest BCUT2D eigenvalue weighted by atomic mass is 9.81. The Bertz CT molecular complexity index is 225. The van der Waals surface area contributed by atoms with Crippen molar-refractivity contribution in [2.75, 3.05) is 19.7 Å². The van der Waals surface area contributed by atoms with Gasteiger partial charge in [-0.05, 0) is 19.4 Å². The van der Waals surface area contributed by atoms with E-state index in [-0.39, 0.29) is 6.04 Å². The Balaban J connectivity index is 2.25. The van der Waals surface area contributed by atoms with E-state index in [4.69, 9.17) is 5.11 Å². The van der Waals surface area contributed by atoms with E-state index in [0.717, 1.165) is 19.4 Å². The van der Waals surface area contributed by atoms with Crippen LogP contribution in [0.2, 0.25) is 0 Å². The van der Waals surface area contributed by atoms with Crippen molar-refractivity contribution in [1.82, 2.24) is 4.90 Å². The van der Waals surface area contributed by atoms with Crippen molar-refractivity contribution >= 4 is 0 Å². The SMILES string of the molecule is OC[C@]1(O)[C@H](O)[C@@H](O)CN2CCC[C@@H]21. The fraction of sp³-hybridized carbons (Fsp3) is 1.00. The Morgan fingerprint density at radius 3 is 2.71 bits per heavy atom. The molecule has 2 aliphatic heterocycles. The van der Waals surface area contributed by atoms with Crippen LogP contribution in [0.5, 0.6) is 0 Å². The lowest BCUT2D eigenvalue weighted by Gasteiger charge is -2.47. The minimum Gasteiger partial charge on any atom is -0.393 e. The number of aliphatic hydroxyl groups excluding tert-OH is 3. The number of piperidine rings is 1. The van der Waals surface area contributed by atoms with Crippen LogP contribution in [0.1, 0.15) is 12.8 Å². The molecule has 0 aromatic rings. The third-order valence-electron chi connectivity index (χ3n) is 3.49. The van der Waals surface area contributed by atoms with Crippen LogP contribution in [-0.2, 0) is 0 Å². The van der Waals surface area contributed by atoms with Crippen LogP contribution in [0.3, 0.4) is 0 Å². The van der Waals surface area contributed by atoms with Crippen molar-refractivity contribution in [3.8, 4) is 0 Å². The van der Waals surface area contributed by atoms with E-state index < -0.39 is 24.4 Å². The third-order valence-corrected chi connectivity index (χ3v) is 3.49. The summed E-state index contributed by atoms with van der Waals surface area (Å²) >= 11 is 0. The predicted molar refractivity (Wildman–Crippen MR) is 48.6 cm³/mol. The van der Waals surface area contributed by atoms with Crippen molar-refractivity contribution in [3.63, 3.8) is 0 Å². The maximum absolute atomic E-state index is 10.1. The Morgan fingerprint density at radius 2 is 2.07 bits per heavy atom. The molecule has 2 heterocycles. The number of hydrogen-bond acceptors (Lipinski definition) is 5. The Kier molecular flexibility index (Phi) is 2.53. The first-order chi connectivity index (χ1) is 6.59. The van der Waals surface area contributed by atoms with Crippen molar-refractivity contribution in [1.29, 1.82) is 0 Å². The van der Waals surface area contributed by atoms with Crippen molar-refractivity contribution in [2.24, 2.45) is 0 Å². The van der Waals surface area contributed by atoms with Gasteiger partial charge in [0.05, 0.1) is 12.7 Å². The summed E-state index contributed by atoms with van der Waals surface area (Å²) in [7, 11) is 0. The van der Waals surface area contributed by atoms with E-state index in [1.807, 2.05) is 4.90 Å². The molecule has 2 rings (SSSR count). The molecule has 0 aromatic carbocycles. The summed E-state index contributed by atoms with van der Waals surface area (Å²) in [4.78, 5) is 1.94. The van der Waals surface area contributed by atoms with E-state index in [0.29, 0.717) is 6.54 Å². The maximum Gasteiger partial charge on any atom is 0.131 e. The fourth-order valence-corrected chi connectivity index (χ4v) is 2.68. The zero-order chi connectivity index (χ0) is 10.3. The van der Waals surface area contributed by atoms with Gasteiger partial charge in [-0.25, -0.2) is 0 Å². The van der Waals surface area contributed by atoms with Gasteiger partial charge in [-0.15, -0.1) is 0 Å². The number of nitrogens with zero attached hydrogens (tertiary/aromatic N) is 1. The average Bonchev–Trinajstić information content (AvgIpc) is 2.63. The van der Waals surface area contributed by atoms with Crippen molar-refractivity contribution in [3.05, 3.63) is 0 Å². The maximum atomic E-state index is 10.1. The zero-order valence-corrected chi connectivity index (χ0v) is 8.00. The van der Waals surface area contributed by atoms with E-state index in [1.165, 1.54) is 0 Å². The molecule has 0 saturated carbocycles. The first-order valence-corrected chi connectivity index (χ1v) is 5.03. The third kappa shape index (κ3) is 1.28. The van der Waals surface area contributed by atoms with Gasteiger partial charge in [-0.3, -0.25) is 4.90 Å². The summed E-state index contributed by atoms with van der Waals surface area (Å²) in [5.41, 5.74) is -1.56. The lowest BCUT2D eigenvalue weighted by Crippen LogP contribution is -2.68. The second-order valence-corrected chi connectivity index (χ2v) is 4.31. The van der Waals surface area contributed by atoms with Crippen LogP contribution < -0.4 is 0 Å². The monoisotopic (exact) mass is 203 g/mol. The van der Waals surface area contributed by atoms with Gasteiger partial charge < -0.3 is 20.4 Å². The zero-order valence-electron chi connectivity index (χ0n) is 8.00. The largest absolute Gasteiger partial charge is 0.393 e. The summed E-state index contributed by atoms with van der Waals surface area (Å²) in [5, 5.41) is 38.4. The molecular formula is C9H17NO4. The molecule has 0 aromatic heterocycles. The molecule has 0 unspecified atom stereocenters. The van der Waals surface area contributed by atoms with E-state index in [2.05, 4.69) is 0 Å². The predicted octanol–water partition coefficient (Wildman–Crippen LogP) is -2.09. The standard InChI is InChI=1S/C9H17NO4/c11-5-9(14)7-2-1-3-10(7)4-6(12)8(9)13/h6-8,11-14H,1-5H2/t6-,7+,8+,9+/m0/s1. The summed E-state index contributed by atoms with van der Waals surface area (Å²) in [6, 6.07) is -0.217. The molecule has 5 heteroatoms. The minimum absolute atomic E-state index is 0.217.